The molecule has 0 aromatic rings. The van der Waals surface area contributed by atoms with Crippen LogP contribution in [0.3, 0.4) is 0 Å². The van der Waals surface area contributed by atoms with Crippen molar-refractivity contribution in [1.82, 2.24) is 5.32 Å². The Labute approximate surface area is 76.4 Å². The van der Waals surface area contributed by atoms with Crippen molar-refractivity contribution in [2.24, 2.45) is 5.41 Å². The SMILES string of the molecule is CCCNCC(CC)(CC)CO. The van der Waals surface area contributed by atoms with Crippen molar-refractivity contribution >= 4 is 0 Å². The molecule has 2 heteroatoms. The van der Waals surface area contributed by atoms with Crippen LogP contribution in [0.1, 0.15) is 40.0 Å². The normalized spacial score (nSPS) is 12.0. The Kier molecular flexibility index (Phi) is 6.39. The van der Waals surface area contributed by atoms with Crippen LogP contribution in [0.25, 0.3) is 0 Å². The summed E-state index contributed by atoms with van der Waals surface area (Å²) in [5.41, 5.74) is 0.120. The Balaban J connectivity index is 3.76. The van der Waals surface area contributed by atoms with Gasteiger partial charge < -0.3 is 10.4 Å². The van der Waals surface area contributed by atoms with E-state index in [0.717, 1.165) is 32.4 Å². The van der Waals surface area contributed by atoms with Gasteiger partial charge in [-0.25, -0.2) is 0 Å². The molecule has 0 fully saturated rings. The van der Waals surface area contributed by atoms with Crippen molar-refractivity contribution in [3.63, 3.8) is 0 Å². The van der Waals surface area contributed by atoms with Gasteiger partial charge in [0.2, 0.25) is 0 Å². The van der Waals surface area contributed by atoms with E-state index in [9.17, 15) is 5.11 Å². The lowest BCUT2D eigenvalue weighted by Crippen LogP contribution is -2.36. The fourth-order valence-corrected chi connectivity index (χ4v) is 1.31. The Morgan fingerprint density at radius 1 is 1.17 bits per heavy atom. The van der Waals surface area contributed by atoms with Gasteiger partial charge in [-0.15, -0.1) is 0 Å². The molecule has 0 unspecified atom stereocenters. The number of nitrogens with one attached hydrogen (secondary N) is 1. The average Bonchev–Trinajstić information content (AvgIpc) is 2.14. The van der Waals surface area contributed by atoms with Crippen LogP contribution < -0.4 is 5.32 Å². The van der Waals surface area contributed by atoms with Crippen molar-refractivity contribution in [3.05, 3.63) is 0 Å². The van der Waals surface area contributed by atoms with Crippen LogP contribution in [0, 0.1) is 5.41 Å². The summed E-state index contributed by atoms with van der Waals surface area (Å²) in [6.45, 7) is 8.76. The van der Waals surface area contributed by atoms with E-state index in [1.54, 1.807) is 0 Å². The molecule has 2 N–H and O–H groups in total. The van der Waals surface area contributed by atoms with Gasteiger partial charge in [0.15, 0.2) is 0 Å². The molecule has 2 nitrogen and oxygen atoms in total. The molecule has 0 amide bonds. The lowest BCUT2D eigenvalue weighted by Gasteiger charge is -2.29. The molecule has 0 aliphatic rings. The molecule has 0 aromatic carbocycles. The van der Waals surface area contributed by atoms with Crippen LogP contribution in [0.2, 0.25) is 0 Å². The van der Waals surface area contributed by atoms with E-state index < -0.39 is 0 Å². The van der Waals surface area contributed by atoms with Crippen LogP contribution in [-0.4, -0.2) is 24.8 Å². The fourth-order valence-electron chi connectivity index (χ4n) is 1.31. The van der Waals surface area contributed by atoms with Gasteiger partial charge in [-0.3, -0.25) is 0 Å². The smallest absolute Gasteiger partial charge is 0.0499 e. The van der Waals surface area contributed by atoms with Gasteiger partial charge in [0, 0.05) is 18.6 Å². The van der Waals surface area contributed by atoms with Gasteiger partial charge in [0.25, 0.3) is 0 Å². The molecule has 0 aliphatic carbocycles. The molecule has 0 bridgehead atoms. The third-order valence-corrected chi connectivity index (χ3v) is 2.76. The van der Waals surface area contributed by atoms with Gasteiger partial charge in [-0.1, -0.05) is 20.8 Å². The summed E-state index contributed by atoms with van der Waals surface area (Å²) < 4.78 is 0. The predicted octanol–water partition coefficient (Wildman–Crippen LogP) is 1.78. The van der Waals surface area contributed by atoms with Crippen molar-refractivity contribution < 1.29 is 5.11 Å². The third kappa shape index (κ3) is 3.55. The largest absolute Gasteiger partial charge is 0.396 e. The Morgan fingerprint density at radius 2 is 1.75 bits per heavy atom. The van der Waals surface area contributed by atoms with E-state index in [1.807, 2.05) is 0 Å². The molecule has 0 atom stereocenters. The number of aliphatic hydroxyl groups excluding tert-OH is 1. The van der Waals surface area contributed by atoms with Gasteiger partial charge in [-0.2, -0.15) is 0 Å². The zero-order chi connectivity index (χ0) is 9.45. The summed E-state index contributed by atoms with van der Waals surface area (Å²) in [6, 6.07) is 0. The van der Waals surface area contributed by atoms with Gasteiger partial charge in [-0.05, 0) is 25.8 Å². The van der Waals surface area contributed by atoms with Crippen LogP contribution in [0.4, 0.5) is 0 Å². The molecule has 0 aliphatic heterocycles. The van der Waals surface area contributed by atoms with E-state index in [2.05, 4.69) is 26.1 Å². The quantitative estimate of drug-likeness (QED) is 0.575. The summed E-state index contributed by atoms with van der Waals surface area (Å²) in [5, 5.41) is 12.6. The minimum Gasteiger partial charge on any atom is -0.396 e. The van der Waals surface area contributed by atoms with E-state index in [4.69, 9.17) is 0 Å². The summed E-state index contributed by atoms with van der Waals surface area (Å²) in [6.07, 6.45) is 3.27. The van der Waals surface area contributed by atoms with Crippen molar-refractivity contribution in [2.75, 3.05) is 19.7 Å². The molecule has 0 saturated heterocycles. The van der Waals surface area contributed by atoms with Gasteiger partial charge in [0.05, 0.1) is 0 Å². The van der Waals surface area contributed by atoms with E-state index in [0.29, 0.717) is 6.61 Å². The molecule has 0 saturated carbocycles. The van der Waals surface area contributed by atoms with E-state index >= 15 is 0 Å². The number of rotatable bonds is 7. The van der Waals surface area contributed by atoms with Crippen molar-refractivity contribution in [1.29, 1.82) is 0 Å². The fraction of sp³-hybridized carbons (Fsp3) is 1.00. The lowest BCUT2D eigenvalue weighted by molar-refractivity contribution is 0.113. The maximum absolute atomic E-state index is 9.24. The molecule has 0 rings (SSSR count). The Bertz CT molecular complexity index is 91.7. The second-order valence-electron chi connectivity index (χ2n) is 3.54. The molecular weight excluding hydrogens is 150 g/mol. The van der Waals surface area contributed by atoms with Crippen molar-refractivity contribution in [3.8, 4) is 0 Å². The highest BCUT2D eigenvalue weighted by Gasteiger charge is 2.24. The maximum atomic E-state index is 9.24. The highest BCUT2D eigenvalue weighted by atomic mass is 16.3. The highest BCUT2D eigenvalue weighted by Crippen LogP contribution is 2.24. The minimum absolute atomic E-state index is 0.120. The minimum atomic E-state index is 0.120. The second-order valence-corrected chi connectivity index (χ2v) is 3.54. The summed E-state index contributed by atoms with van der Waals surface area (Å²) in [7, 11) is 0. The number of aliphatic hydroxyl groups is 1. The highest BCUT2D eigenvalue weighted by molar-refractivity contribution is 4.77. The van der Waals surface area contributed by atoms with Gasteiger partial charge in [0.1, 0.15) is 0 Å². The summed E-state index contributed by atoms with van der Waals surface area (Å²) in [4.78, 5) is 0. The first-order valence-corrected chi connectivity index (χ1v) is 5.06. The van der Waals surface area contributed by atoms with E-state index in [-0.39, 0.29) is 5.41 Å². The zero-order valence-electron chi connectivity index (χ0n) is 8.69. The maximum Gasteiger partial charge on any atom is 0.0499 e. The first-order valence-electron chi connectivity index (χ1n) is 5.06. The summed E-state index contributed by atoms with van der Waals surface area (Å²) >= 11 is 0. The van der Waals surface area contributed by atoms with Crippen LogP contribution in [0.15, 0.2) is 0 Å². The molecule has 74 valence electrons. The molecular formula is C10H23NO. The lowest BCUT2D eigenvalue weighted by atomic mass is 9.83. The molecule has 0 spiro atoms. The van der Waals surface area contributed by atoms with E-state index in [1.165, 1.54) is 0 Å². The van der Waals surface area contributed by atoms with Crippen LogP contribution >= 0.6 is 0 Å². The number of hydrogen-bond acceptors (Lipinski definition) is 2. The van der Waals surface area contributed by atoms with Crippen molar-refractivity contribution in [2.45, 2.75) is 40.0 Å². The predicted molar refractivity (Wildman–Crippen MR) is 53.3 cm³/mol. The first kappa shape index (κ1) is 11.9. The standard InChI is InChI=1S/C10H23NO/c1-4-7-11-8-10(5-2,6-3)9-12/h11-12H,4-9H2,1-3H3. The number of hydrogen-bond donors (Lipinski definition) is 2. The Hall–Kier alpha value is -0.0800. The van der Waals surface area contributed by atoms with Gasteiger partial charge >= 0.3 is 0 Å². The topological polar surface area (TPSA) is 32.3 Å². The molecule has 12 heavy (non-hydrogen) atoms. The van der Waals surface area contributed by atoms with Crippen LogP contribution in [0.5, 0.6) is 0 Å². The Morgan fingerprint density at radius 3 is 2.08 bits per heavy atom. The monoisotopic (exact) mass is 173 g/mol. The first-order chi connectivity index (χ1) is 5.74. The zero-order valence-corrected chi connectivity index (χ0v) is 8.69. The average molecular weight is 173 g/mol. The molecule has 0 aromatic heterocycles. The molecule has 0 radical (unpaired) electrons. The second kappa shape index (κ2) is 6.44. The molecule has 0 heterocycles. The summed E-state index contributed by atoms with van der Waals surface area (Å²) in [5.74, 6) is 0. The third-order valence-electron chi connectivity index (χ3n) is 2.76. The van der Waals surface area contributed by atoms with Crippen LogP contribution in [-0.2, 0) is 0 Å².